The van der Waals surface area contributed by atoms with Crippen molar-refractivity contribution in [1.82, 2.24) is 5.32 Å². The molecule has 2 aromatic carbocycles. The van der Waals surface area contributed by atoms with Crippen molar-refractivity contribution in [3.63, 3.8) is 0 Å². The second-order valence-electron chi connectivity index (χ2n) is 4.49. The average Bonchev–Trinajstić information content (AvgIpc) is 2.45. The van der Waals surface area contributed by atoms with E-state index in [4.69, 9.17) is 4.74 Å². The van der Waals surface area contributed by atoms with Crippen LogP contribution in [0.5, 0.6) is 5.75 Å². The van der Waals surface area contributed by atoms with Crippen molar-refractivity contribution in [2.45, 2.75) is 6.92 Å². The molecule has 2 aromatic rings. The van der Waals surface area contributed by atoms with Crippen LogP contribution < -0.4 is 10.1 Å². The topological polar surface area (TPSA) is 38.3 Å². The molecule has 1 amide bonds. The summed E-state index contributed by atoms with van der Waals surface area (Å²) in [6.07, 6.45) is 0. The monoisotopic (exact) mass is 291 g/mol. The number of rotatable bonds is 5. The quantitative estimate of drug-likeness (QED) is 0.860. The Balaban J connectivity index is 1.82. The number of halogens is 2. The third-order valence-corrected chi connectivity index (χ3v) is 2.93. The molecule has 0 bridgehead atoms. The number of aryl methyl sites for hydroxylation is 1. The van der Waals surface area contributed by atoms with Crippen LogP contribution >= 0.6 is 0 Å². The molecule has 0 unspecified atom stereocenters. The maximum absolute atomic E-state index is 13.3. The van der Waals surface area contributed by atoms with Crippen LogP contribution in [0.15, 0.2) is 42.5 Å². The predicted molar refractivity (Wildman–Crippen MR) is 75.4 cm³/mol. The number of ether oxygens (including phenoxy) is 1. The number of amides is 1. The van der Waals surface area contributed by atoms with Crippen LogP contribution in [0.4, 0.5) is 8.78 Å². The number of hydrogen-bond donors (Lipinski definition) is 1. The van der Waals surface area contributed by atoms with Crippen molar-refractivity contribution >= 4 is 5.91 Å². The highest BCUT2D eigenvalue weighted by atomic mass is 19.1. The molecular weight excluding hydrogens is 276 g/mol. The van der Waals surface area contributed by atoms with Gasteiger partial charge in [-0.25, -0.2) is 8.78 Å². The molecule has 21 heavy (non-hydrogen) atoms. The summed E-state index contributed by atoms with van der Waals surface area (Å²) in [4.78, 5) is 11.9. The van der Waals surface area contributed by atoms with Crippen LogP contribution in [0.2, 0.25) is 0 Å². The van der Waals surface area contributed by atoms with Gasteiger partial charge in [-0.05, 0) is 30.7 Å². The molecule has 0 spiro atoms. The molecule has 0 heterocycles. The summed E-state index contributed by atoms with van der Waals surface area (Å²) < 4.78 is 31.2. The van der Waals surface area contributed by atoms with Gasteiger partial charge < -0.3 is 10.1 Å². The Hall–Kier alpha value is -2.43. The summed E-state index contributed by atoms with van der Waals surface area (Å²) in [5.74, 6) is -1.68. The van der Waals surface area contributed by atoms with Crippen LogP contribution in [-0.2, 0) is 0 Å². The van der Waals surface area contributed by atoms with Gasteiger partial charge in [0.2, 0.25) is 0 Å². The summed E-state index contributed by atoms with van der Waals surface area (Å²) in [5, 5.41) is 2.68. The molecule has 5 heteroatoms. The van der Waals surface area contributed by atoms with Crippen molar-refractivity contribution in [3.8, 4) is 5.75 Å². The van der Waals surface area contributed by atoms with Gasteiger partial charge in [0.05, 0.1) is 6.54 Å². The van der Waals surface area contributed by atoms with Crippen LogP contribution in [0.3, 0.4) is 0 Å². The van der Waals surface area contributed by atoms with E-state index in [9.17, 15) is 13.6 Å². The third kappa shape index (κ3) is 4.02. The Morgan fingerprint density at radius 1 is 1.19 bits per heavy atom. The molecule has 0 atom stereocenters. The van der Waals surface area contributed by atoms with Crippen LogP contribution in [0, 0.1) is 18.6 Å². The van der Waals surface area contributed by atoms with E-state index in [0.717, 1.165) is 17.7 Å². The molecular formula is C16H15F2NO2. The van der Waals surface area contributed by atoms with E-state index in [-0.39, 0.29) is 24.8 Å². The van der Waals surface area contributed by atoms with Gasteiger partial charge in [-0.15, -0.1) is 0 Å². The van der Waals surface area contributed by atoms with Gasteiger partial charge in [-0.2, -0.15) is 0 Å². The smallest absolute Gasteiger partial charge is 0.251 e. The number of nitrogens with one attached hydrogen (secondary N) is 1. The van der Waals surface area contributed by atoms with Gasteiger partial charge in [0.1, 0.15) is 12.4 Å². The normalized spacial score (nSPS) is 10.2. The van der Waals surface area contributed by atoms with Crippen molar-refractivity contribution in [2.24, 2.45) is 0 Å². The maximum Gasteiger partial charge on any atom is 0.251 e. The van der Waals surface area contributed by atoms with Crippen LogP contribution in [0.25, 0.3) is 0 Å². The first kappa shape index (κ1) is 15.0. The molecule has 0 saturated heterocycles. The van der Waals surface area contributed by atoms with E-state index < -0.39 is 11.6 Å². The summed E-state index contributed by atoms with van der Waals surface area (Å²) in [6, 6.07) is 10.3. The minimum absolute atomic E-state index is 0.0402. The van der Waals surface area contributed by atoms with Crippen molar-refractivity contribution in [2.75, 3.05) is 13.2 Å². The molecule has 0 radical (unpaired) electrons. The minimum Gasteiger partial charge on any atom is -0.489 e. The van der Waals surface area contributed by atoms with Crippen molar-refractivity contribution < 1.29 is 18.3 Å². The Morgan fingerprint density at radius 2 is 1.95 bits per heavy atom. The summed E-state index contributed by atoms with van der Waals surface area (Å²) in [7, 11) is 0. The third-order valence-electron chi connectivity index (χ3n) is 2.93. The highest BCUT2D eigenvalue weighted by Gasteiger charge is 2.08. The highest BCUT2D eigenvalue weighted by Crippen LogP contribution is 2.17. The summed E-state index contributed by atoms with van der Waals surface area (Å²) in [6.45, 7) is 2.17. The molecule has 2 rings (SSSR count). The van der Waals surface area contributed by atoms with Gasteiger partial charge in [0.15, 0.2) is 11.6 Å². The lowest BCUT2D eigenvalue weighted by atomic mass is 10.1. The standard InChI is InChI=1S/C16H15F2NO2/c1-11-4-2-3-5-13(11)16(20)19-8-9-21-15-7-6-12(17)10-14(15)18/h2-7,10H,8-9H2,1H3,(H,19,20). The Labute approximate surface area is 121 Å². The molecule has 0 aliphatic heterocycles. The molecule has 110 valence electrons. The average molecular weight is 291 g/mol. The lowest BCUT2D eigenvalue weighted by Gasteiger charge is -2.09. The number of carbonyl (C=O) groups excluding carboxylic acids is 1. The largest absolute Gasteiger partial charge is 0.489 e. The van der Waals surface area contributed by atoms with Gasteiger partial charge in [-0.1, -0.05) is 18.2 Å². The number of benzene rings is 2. The van der Waals surface area contributed by atoms with Crippen LogP contribution in [-0.4, -0.2) is 19.1 Å². The Bertz CT molecular complexity index is 644. The fourth-order valence-electron chi connectivity index (χ4n) is 1.84. The molecule has 0 aliphatic rings. The lowest BCUT2D eigenvalue weighted by molar-refractivity contribution is 0.0946. The van der Waals surface area contributed by atoms with Crippen molar-refractivity contribution in [1.29, 1.82) is 0 Å². The second-order valence-corrected chi connectivity index (χ2v) is 4.49. The fourth-order valence-corrected chi connectivity index (χ4v) is 1.84. The molecule has 0 aliphatic carbocycles. The number of hydrogen-bond acceptors (Lipinski definition) is 2. The molecule has 0 saturated carbocycles. The summed E-state index contributed by atoms with van der Waals surface area (Å²) in [5.41, 5.74) is 1.46. The van der Waals surface area contributed by atoms with E-state index in [1.807, 2.05) is 19.1 Å². The summed E-state index contributed by atoms with van der Waals surface area (Å²) >= 11 is 0. The zero-order valence-electron chi connectivity index (χ0n) is 11.5. The minimum atomic E-state index is -0.764. The molecule has 0 fully saturated rings. The Kier molecular flexibility index (Phi) is 4.87. The first-order chi connectivity index (χ1) is 10.1. The molecule has 1 N–H and O–H groups in total. The van der Waals surface area contributed by atoms with E-state index in [1.54, 1.807) is 12.1 Å². The van der Waals surface area contributed by atoms with Gasteiger partial charge in [0.25, 0.3) is 5.91 Å². The maximum atomic E-state index is 13.3. The van der Waals surface area contributed by atoms with Gasteiger partial charge in [-0.3, -0.25) is 4.79 Å². The zero-order chi connectivity index (χ0) is 15.2. The van der Waals surface area contributed by atoms with E-state index in [0.29, 0.717) is 5.56 Å². The van der Waals surface area contributed by atoms with Crippen LogP contribution in [0.1, 0.15) is 15.9 Å². The lowest BCUT2D eigenvalue weighted by Crippen LogP contribution is -2.28. The van der Waals surface area contributed by atoms with Gasteiger partial charge >= 0.3 is 0 Å². The first-order valence-electron chi connectivity index (χ1n) is 6.49. The molecule has 3 nitrogen and oxygen atoms in total. The van der Waals surface area contributed by atoms with Gasteiger partial charge in [0, 0.05) is 11.6 Å². The van der Waals surface area contributed by atoms with Crippen molar-refractivity contribution in [3.05, 3.63) is 65.2 Å². The Morgan fingerprint density at radius 3 is 2.67 bits per heavy atom. The zero-order valence-corrected chi connectivity index (χ0v) is 11.5. The predicted octanol–water partition coefficient (Wildman–Crippen LogP) is 3.08. The fraction of sp³-hybridized carbons (Fsp3) is 0.188. The van der Waals surface area contributed by atoms with E-state index >= 15 is 0 Å². The SMILES string of the molecule is Cc1ccccc1C(=O)NCCOc1ccc(F)cc1F. The first-order valence-corrected chi connectivity index (χ1v) is 6.49. The highest BCUT2D eigenvalue weighted by molar-refractivity contribution is 5.95. The second kappa shape index (κ2) is 6.83. The number of carbonyl (C=O) groups is 1. The van der Waals surface area contributed by atoms with E-state index in [2.05, 4.69) is 5.32 Å². The van der Waals surface area contributed by atoms with E-state index in [1.165, 1.54) is 6.07 Å². The molecule has 0 aromatic heterocycles.